The monoisotopic (exact) mass is 280 g/mol. The molecule has 1 aromatic carbocycles. The molecule has 0 aliphatic heterocycles. The first-order chi connectivity index (χ1) is 9.23. The topological polar surface area (TPSA) is 113 Å². The first-order valence-electron chi connectivity index (χ1n) is 6.20. The third kappa shape index (κ3) is 2.32. The molecule has 0 heterocycles. The molecule has 1 saturated carbocycles. The molecule has 2 unspecified atom stereocenters. The van der Waals surface area contributed by atoms with Gasteiger partial charge >= 0.3 is 5.97 Å². The Morgan fingerprint density at radius 3 is 2.60 bits per heavy atom. The first kappa shape index (κ1) is 14.3. The molecular formula is C13H16N2O5. The van der Waals surface area contributed by atoms with Crippen molar-refractivity contribution in [3.63, 3.8) is 0 Å². The second-order valence-corrected chi connectivity index (χ2v) is 5.56. The Balaban J connectivity index is 2.32. The molecule has 1 aliphatic carbocycles. The predicted molar refractivity (Wildman–Crippen MR) is 71.9 cm³/mol. The van der Waals surface area contributed by atoms with E-state index in [-0.39, 0.29) is 23.0 Å². The summed E-state index contributed by atoms with van der Waals surface area (Å²) in [6.07, 6.45) is 0.0151. The van der Waals surface area contributed by atoms with Crippen molar-refractivity contribution in [3.8, 4) is 0 Å². The highest BCUT2D eigenvalue weighted by Gasteiger charge is 2.47. The average Bonchev–Trinajstić information content (AvgIpc) is 2.37. The molecule has 0 saturated heterocycles. The van der Waals surface area contributed by atoms with Crippen LogP contribution in [-0.4, -0.2) is 33.3 Å². The maximum absolute atomic E-state index is 11.2. The molecule has 7 nitrogen and oxygen atoms in total. The number of aliphatic hydroxyl groups is 1. The van der Waals surface area contributed by atoms with Crippen LogP contribution in [0.1, 0.15) is 30.6 Å². The number of anilines is 1. The molecule has 7 heteroatoms. The summed E-state index contributed by atoms with van der Waals surface area (Å²) in [6.45, 7) is 3.72. The zero-order valence-corrected chi connectivity index (χ0v) is 11.2. The third-order valence-electron chi connectivity index (χ3n) is 3.99. The van der Waals surface area contributed by atoms with Crippen LogP contribution in [-0.2, 0) is 0 Å². The van der Waals surface area contributed by atoms with Crippen molar-refractivity contribution in [1.29, 1.82) is 0 Å². The van der Waals surface area contributed by atoms with E-state index in [9.17, 15) is 20.0 Å². The molecule has 1 fully saturated rings. The Hall–Kier alpha value is -2.15. The van der Waals surface area contributed by atoms with Crippen LogP contribution in [0.4, 0.5) is 11.4 Å². The van der Waals surface area contributed by atoms with Crippen molar-refractivity contribution >= 4 is 17.3 Å². The van der Waals surface area contributed by atoms with Gasteiger partial charge in [0.05, 0.1) is 22.3 Å². The van der Waals surface area contributed by atoms with Gasteiger partial charge in [-0.25, -0.2) is 4.79 Å². The zero-order chi connectivity index (χ0) is 15.1. The summed E-state index contributed by atoms with van der Waals surface area (Å²) in [7, 11) is 0. The van der Waals surface area contributed by atoms with Gasteiger partial charge in [-0.2, -0.15) is 0 Å². The normalized spacial score (nSPS) is 23.8. The fraction of sp³-hybridized carbons (Fsp3) is 0.462. The lowest BCUT2D eigenvalue weighted by Crippen LogP contribution is -2.57. The number of carboxylic acid groups (broad SMARTS) is 1. The maximum Gasteiger partial charge on any atom is 0.337 e. The molecule has 2 rings (SSSR count). The van der Waals surface area contributed by atoms with Crippen LogP contribution >= 0.6 is 0 Å². The van der Waals surface area contributed by atoms with Gasteiger partial charge in [0.15, 0.2) is 0 Å². The van der Waals surface area contributed by atoms with Gasteiger partial charge in [0.1, 0.15) is 0 Å². The van der Waals surface area contributed by atoms with Gasteiger partial charge in [-0.15, -0.1) is 0 Å². The highest BCUT2D eigenvalue weighted by atomic mass is 16.6. The number of hydrogen-bond acceptors (Lipinski definition) is 5. The minimum absolute atomic E-state index is 0.0206. The van der Waals surface area contributed by atoms with Gasteiger partial charge in [0.2, 0.25) is 0 Å². The highest BCUT2D eigenvalue weighted by Crippen LogP contribution is 2.42. The number of aliphatic hydroxyl groups excluding tert-OH is 1. The fourth-order valence-electron chi connectivity index (χ4n) is 2.29. The summed E-state index contributed by atoms with van der Waals surface area (Å²) in [5.74, 6) is -1.15. The number of carbonyl (C=O) groups is 1. The summed E-state index contributed by atoms with van der Waals surface area (Å²) in [5.41, 5.74) is -0.389. The summed E-state index contributed by atoms with van der Waals surface area (Å²) in [5, 5.41) is 32.6. The number of nitro benzene ring substituents is 1. The van der Waals surface area contributed by atoms with Crippen molar-refractivity contribution in [3.05, 3.63) is 33.9 Å². The van der Waals surface area contributed by atoms with Crippen molar-refractivity contribution in [1.82, 2.24) is 0 Å². The molecule has 0 aromatic heterocycles. The third-order valence-corrected chi connectivity index (χ3v) is 3.99. The average molecular weight is 280 g/mol. The smallest absolute Gasteiger partial charge is 0.337 e. The van der Waals surface area contributed by atoms with E-state index in [0.717, 1.165) is 6.07 Å². The van der Waals surface area contributed by atoms with E-state index in [2.05, 4.69) is 5.32 Å². The van der Waals surface area contributed by atoms with Gasteiger partial charge in [-0.3, -0.25) is 10.1 Å². The Kier molecular flexibility index (Phi) is 3.39. The van der Waals surface area contributed by atoms with E-state index in [1.165, 1.54) is 12.1 Å². The summed E-state index contributed by atoms with van der Waals surface area (Å²) in [4.78, 5) is 21.4. The molecule has 3 N–H and O–H groups in total. The number of benzene rings is 1. The molecule has 0 bridgehead atoms. The van der Waals surface area contributed by atoms with Crippen LogP contribution in [0.25, 0.3) is 0 Å². The quantitative estimate of drug-likeness (QED) is 0.573. The highest BCUT2D eigenvalue weighted by molar-refractivity contribution is 5.94. The van der Waals surface area contributed by atoms with Crippen molar-refractivity contribution < 1.29 is 19.9 Å². The van der Waals surface area contributed by atoms with Crippen LogP contribution in [0.2, 0.25) is 0 Å². The van der Waals surface area contributed by atoms with E-state index in [1.54, 1.807) is 0 Å². The van der Waals surface area contributed by atoms with Gasteiger partial charge in [0.25, 0.3) is 5.69 Å². The van der Waals surface area contributed by atoms with Crippen LogP contribution in [0, 0.1) is 15.5 Å². The largest absolute Gasteiger partial charge is 0.478 e. The van der Waals surface area contributed by atoms with E-state index in [0.29, 0.717) is 6.42 Å². The Morgan fingerprint density at radius 2 is 2.15 bits per heavy atom. The number of aromatic carboxylic acids is 1. The second kappa shape index (κ2) is 4.75. The molecule has 0 radical (unpaired) electrons. The molecule has 1 aromatic rings. The van der Waals surface area contributed by atoms with Crippen molar-refractivity contribution in [2.75, 3.05) is 5.32 Å². The molecule has 108 valence electrons. The lowest BCUT2D eigenvalue weighted by atomic mass is 9.64. The standard InChI is InChI=1S/C13H16N2O5/c1-13(2)10(6-11(13)16)14-9-5-7(15(19)20)3-4-8(9)12(17)18/h3-5,10-11,14,16H,6H2,1-2H3,(H,17,18). The van der Waals surface area contributed by atoms with Gasteiger partial charge in [-0.05, 0) is 12.5 Å². The van der Waals surface area contributed by atoms with E-state index in [1.807, 2.05) is 13.8 Å². The minimum atomic E-state index is -1.15. The number of nitrogens with one attached hydrogen (secondary N) is 1. The summed E-state index contributed by atoms with van der Waals surface area (Å²) < 4.78 is 0. The number of hydrogen-bond donors (Lipinski definition) is 3. The van der Waals surface area contributed by atoms with E-state index >= 15 is 0 Å². The first-order valence-corrected chi connectivity index (χ1v) is 6.20. The van der Waals surface area contributed by atoms with Crippen LogP contribution in [0.5, 0.6) is 0 Å². The van der Waals surface area contributed by atoms with Crippen molar-refractivity contribution in [2.45, 2.75) is 32.4 Å². The predicted octanol–water partition coefficient (Wildman–Crippen LogP) is 1.86. The van der Waals surface area contributed by atoms with Crippen LogP contribution in [0.15, 0.2) is 18.2 Å². The Bertz CT molecular complexity index is 570. The molecule has 0 spiro atoms. The van der Waals surface area contributed by atoms with Gasteiger partial charge in [0, 0.05) is 23.6 Å². The number of non-ortho nitro benzene ring substituents is 1. The second-order valence-electron chi connectivity index (χ2n) is 5.56. The Morgan fingerprint density at radius 1 is 1.50 bits per heavy atom. The molecule has 20 heavy (non-hydrogen) atoms. The minimum Gasteiger partial charge on any atom is -0.478 e. The summed E-state index contributed by atoms with van der Waals surface area (Å²) in [6, 6.07) is 3.46. The van der Waals surface area contributed by atoms with E-state index < -0.39 is 22.4 Å². The molecular weight excluding hydrogens is 264 g/mol. The molecule has 1 aliphatic rings. The van der Waals surface area contributed by atoms with Crippen LogP contribution < -0.4 is 5.32 Å². The van der Waals surface area contributed by atoms with Gasteiger partial charge in [-0.1, -0.05) is 13.8 Å². The fourth-order valence-corrected chi connectivity index (χ4v) is 2.29. The Labute approximate surface area is 115 Å². The lowest BCUT2D eigenvalue weighted by Gasteiger charge is -2.50. The number of nitro groups is 1. The summed E-state index contributed by atoms with van der Waals surface area (Å²) >= 11 is 0. The van der Waals surface area contributed by atoms with Crippen LogP contribution in [0.3, 0.4) is 0 Å². The number of rotatable bonds is 4. The number of nitrogens with zero attached hydrogens (tertiary/aromatic N) is 1. The maximum atomic E-state index is 11.2. The SMILES string of the molecule is CC1(C)C(O)CC1Nc1cc([N+](=O)[O-])ccc1C(=O)O. The lowest BCUT2D eigenvalue weighted by molar-refractivity contribution is -0.384. The zero-order valence-electron chi connectivity index (χ0n) is 11.2. The molecule has 2 atom stereocenters. The van der Waals surface area contributed by atoms with Crippen molar-refractivity contribution in [2.24, 2.45) is 5.41 Å². The number of carboxylic acids is 1. The molecule has 0 amide bonds. The van der Waals surface area contributed by atoms with E-state index in [4.69, 9.17) is 5.11 Å². The van der Waals surface area contributed by atoms with Gasteiger partial charge < -0.3 is 15.5 Å².